The van der Waals surface area contributed by atoms with Gasteiger partial charge in [0.1, 0.15) is 11.6 Å². The van der Waals surface area contributed by atoms with Crippen molar-refractivity contribution in [1.29, 1.82) is 0 Å². The number of carboxylic acids is 1. The number of halogens is 1. The number of hydrogen-bond donors (Lipinski definition) is 1. The van der Waals surface area contributed by atoms with Crippen molar-refractivity contribution in [3.8, 4) is 0 Å². The van der Waals surface area contributed by atoms with Gasteiger partial charge < -0.3 is 9.52 Å². The van der Waals surface area contributed by atoms with Gasteiger partial charge in [-0.1, -0.05) is 12.1 Å². The highest BCUT2D eigenvalue weighted by atomic mass is 19.1. The summed E-state index contributed by atoms with van der Waals surface area (Å²) in [5.74, 6) is -0.699. The summed E-state index contributed by atoms with van der Waals surface area (Å²) in [4.78, 5) is 13.1. The van der Waals surface area contributed by atoms with Gasteiger partial charge in [-0.05, 0) is 42.7 Å². The minimum Gasteiger partial charge on any atom is -0.475 e. The molecule has 21 heavy (non-hydrogen) atoms. The van der Waals surface area contributed by atoms with Gasteiger partial charge in [0.25, 0.3) is 0 Å². The molecule has 0 saturated heterocycles. The van der Waals surface area contributed by atoms with E-state index < -0.39 is 5.97 Å². The summed E-state index contributed by atoms with van der Waals surface area (Å²) >= 11 is 0. The van der Waals surface area contributed by atoms with E-state index in [1.54, 1.807) is 18.2 Å². The average molecular weight is 289 g/mol. The minimum atomic E-state index is -1.06. The molecule has 1 aliphatic rings. The molecule has 1 heterocycles. The Morgan fingerprint density at radius 2 is 1.90 bits per heavy atom. The van der Waals surface area contributed by atoms with E-state index >= 15 is 0 Å². The fourth-order valence-electron chi connectivity index (χ4n) is 2.36. The zero-order valence-corrected chi connectivity index (χ0v) is 11.5. The number of furan rings is 1. The quantitative estimate of drug-likeness (QED) is 0.886. The van der Waals surface area contributed by atoms with E-state index in [1.807, 2.05) is 0 Å². The summed E-state index contributed by atoms with van der Waals surface area (Å²) in [5, 5.41) is 8.87. The molecule has 0 bridgehead atoms. The van der Waals surface area contributed by atoms with Gasteiger partial charge in [-0.25, -0.2) is 9.18 Å². The number of carboxylic acid groups (broad SMARTS) is 1. The van der Waals surface area contributed by atoms with Gasteiger partial charge in [0.2, 0.25) is 5.76 Å². The number of aromatic carboxylic acids is 1. The molecular formula is C16H16FNO3. The van der Waals surface area contributed by atoms with E-state index in [-0.39, 0.29) is 11.6 Å². The lowest BCUT2D eigenvalue weighted by Crippen LogP contribution is -2.24. The smallest absolute Gasteiger partial charge is 0.371 e. The number of rotatable bonds is 6. The second-order valence-electron chi connectivity index (χ2n) is 5.33. The Morgan fingerprint density at radius 1 is 1.19 bits per heavy atom. The van der Waals surface area contributed by atoms with Crippen LogP contribution in [0.15, 0.2) is 40.8 Å². The molecule has 1 fully saturated rings. The van der Waals surface area contributed by atoms with Crippen LogP contribution in [0.25, 0.3) is 0 Å². The third-order valence-electron chi connectivity index (χ3n) is 3.59. The Kier molecular flexibility index (Phi) is 3.75. The SMILES string of the molecule is O=C(O)c1ccc(CN(Cc2ccc(F)cc2)C2CC2)o1. The summed E-state index contributed by atoms with van der Waals surface area (Å²) in [6, 6.07) is 10.1. The normalized spacial score (nSPS) is 14.6. The Morgan fingerprint density at radius 3 is 2.48 bits per heavy atom. The van der Waals surface area contributed by atoms with E-state index in [1.165, 1.54) is 18.2 Å². The number of carbonyl (C=O) groups is 1. The molecule has 1 aliphatic carbocycles. The van der Waals surface area contributed by atoms with Crippen molar-refractivity contribution in [3.05, 3.63) is 59.3 Å². The van der Waals surface area contributed by atoms with Crippen LogP contribution in [0.3, 0.4) is 0 Å². The Labute approximate surface area is 121 Å². The van der Waals surface area contributed by atoms with Crippen LogP contribution in [-0.4, -0.2) is 22.0 Å². The van der Waals surface area contributed by atoms with Crippen LogP contribution < -0.4 is 0 Å². The van der Waals surface area contributed by atoms with Gasteiger partial charge in [-0.2, -0.15) is 0 Å². The van der Waals surface area contributed by atoms with Crippen molar-refractivity contribution in [2.24, 2.45) is 0 Å². The minimum absolute atomic E-state index is 0.0393. The first-order chi connectivity index (χ1) is 10.1. The lowest BCUT2D eigenvalue weighted by atomic mass is 10.2. The van der Waals surface area contributed by atoms with Gasteiger partial charge in [0, 0.05) is 12.6 Å². The van der Waals surface area contributed by atoms with Crippen molar-refractivity contribution >= 4 is 5.97 Å². The van der Waals surface area contributed by atoms with Crippen LogP contribution in [-0.2, 0) is 13.1 Å². The van der Waals surface area contributed by atoms with Crippen LogP contribution in [0.4, 0.5) is 4.39 Å². The molecule has 2 aromatic rings. The highest BCUT2D eigenvalue weighted by Crippen LogP contribution is 2.30. The largest absolute Gasteiger partial charge is 0.475 e. The number of nitrogens with zero attached hydrogens (tertiary/aromatic N) is 1. The fourth-order valence-corrected chi connectivity index (χ4v) is 2.36. The molecular weight excluding hydrogens is 273 g/mol. The molecule has 0 spiro atoms. The molecule has 0 radical (unpaired) electrons. The van der Waals surface area contributed by atoms with Gasteiger partial charge in [-0.15, -0.1) is 0 Å². The summed E-state index contributed by atoms with van der Waals surface area (Å²) in [5.41, 5.74) is 1.04. The highest BCUT2D eigenvalue weighted by molar-refractivity contribution is 5.84. The maximum absolute atomic E-state index is 12.9. The molecule has 1 aromatic heterocycles. The molecule has 0 unspecified atom stereocenters. The van der Waals surface area contributed by atoms with Gasteiger partial charge in [0.05, 0.1) is 6.54 Å². The fraction of sp³-hybridized carbons (Fsp3) is 0.312. The molecule has 1 aromatic carbocycles. The van der Waals surface area contributed by atoms with Crippen LogP contribution in [0.5, 0.6) is 0 Å². The summed E-state index contributed by atoms with van der Waals surface area (Å²) in [6.45, 7) is 1.27. The molecule has 1 saturated carbocycles. The first kappa shape index (κ1) is 13.8. The average Bonchev–Trinajstić information content (AvgIpc) is 3.20. The molecule has 5 heteroatoms. The third kappa shape index (κ3) is 3.49. The molecule has 0 atom stereocenters. The van der Waals surface area contributed by atoms with Crippen LogP contribution in [0.1, 0.15) is 34.7 Å². The first-order valence-corrected chi connectivity index (χ1v) is 6.92. The van der Waals surface area contributed by atoms with Crippen molar-refractivity contribution in [1.82, 2.24) is 4.90 Å². The first-order valence-electron chi connectivity index (χ1n) is 6.92. The van der Waals surface area contributed by atoms with E-state index in [0.717, 1.165) is 18.4 Å². The Balaban J connectivity index is 1.69. The number of benzene rings is 1. The van der Waals surface area contributed by atoms with Crippen LogP contribution >= 0.6 is 0 Å². The van der Waals surface area contributed by atoms with Gasteiger partial charge in [-0.3, -0.25) is 4.90 Å². The zero-order valence-electron chi connectivity index (χ0n) is 11.5. The molecule has 0 amide bonds. The molecule has 1 N–H and O–H groups in total. The second-order valence-corrected chi connectivity index (χ2v) is 5.33. The second kappa shape index (κ2) is 5.69. The molecule has 110 valence electrons. The van der Waals surface area contributed by atoms with Crippen molar-refractivity contribution < 1.29 is 18.7 Å². The monoisotopic (exact) mass is 289 g/mol. The third-order valence-corrected chi connectivity index (χ3v) is 3.59. The number of hydrogen-bond acceptors (Lipinski definition) is 3. The molecule has 0 aliphatic heterocycles. The van der Waals surface area contributed by atoms with Crippen LogP contribution in [0, 0.1) is 5.82 Å². The maximum Gasteiger partial charge on any atom is 0.371 e. The van der Waals surface area contributed by atoms with E-state index in [0.29, 0.717) is 24.9 Å². The van der Waals surface area contributed by atoms with E-state index in [9.17, 15) is 9.18 Å². The lowest BCUT2D eigenvalue weighted by molar-refractivity contribution is 0.0658. The van der Waals surface area contributed by atoms with Crippen molar-refractivity contribution in [2.75, 3.05) is 0 Å². The Hall–Kier alpha value is -2.14. The van der Waals surface area contributed by atoms with Crippen molar-refractivity contribution in [3.63, 3.8) is 0 Å². The summed E-state index contributed by atoms with van der Waals surface area (Å²) < 4.78 is 18.2. The predicted molar refractivity (Wildman–Crippen MR) is 74.3 cm³/mol. The van der Waals surface area contributed by atoms with Gasteiger partial charge >= 0.3 is 5.97 Å². The predicted octanol–water partition coefficient (Wildman–Crippen LogP) is 3.28. The van der Waals surface area contributed by atoms with Crippen molar-refractivity contribution in [2.45, 2.75) is 32.0 Å². The highest BCUT2D eigenvalue weighted by Gasteiger charge is 2.29. The van der Waals surface area contributed by atoms with E-state index in [4.69, 9.17) is 9.52 Å². The topological polar surface area (TPSA) is 53.7 Å². The summed E-state index contributed by atoms with van der Waals surface area (Å²) in [6.07, 6.45) is 2.27. The summed E-state index contributed by atoms with van der Waals surface area (Å²) in [7, 11) is 0. The maximum atomic E-state index is 12.9. The van der Waals surface area contributed by atoms with Gasteiger partial charge in [0.15, 0.2) is 0 Å². The molecule has 3 rings (SSSR count). The lowest BCUT2D eigenvalue weighted by Gasteiger charge is -2.20. The van der Waals surface area contributed by atoms with E-state index in [2.05, 4.69) is 4.90 Å². The molecule has 4 nitrogen and oxygen atoms in total. The van der Waals surface area contributed by atoms with Crippen LogP contribution in [0.2, 0.25) is 0 Å². The standard InChI is InChI=1S/C16H16FNO3/c17-12-3-1-11(2-4-12)9-18(13-5-6-13)10-14-7-8-15(21-14)16(19)20/h1-4,7-8,13H,5-6,9-10H2,(H,19,20). The zero-order chi connectivity index (χ0) is 14.8. The Bertz CT molecular complexity index is 631.